The van der Waals surface area contributed by atoms with Crippen molar-refractivity contribution in [2.75, 3.05) is 0 Å². The standard InChI is InChI=1S/C25H23NO2/c1-25(26,24(27)28-19-21-13-7-3-8-14-21)23(22-15-9-4-10-16-22)18-17-20-11-5-2-6-12-20/h2-16,23H,19,26H2,1H3/t23-,25-/m0/s1. The average molecular weight is 369 g/mol. The molecule has 3 aromatic carbocycles. The van der Waals surface area contributed by atoms with Gasteiger partial charge in [0.1, 0.15) is 12.1 Å². The van der Waals surface area contributed by atoms with Gasteiger partial charge in [-0.05, 0) is 30.2 Å². The first-order valence-corrected chi connectivity index (χ1v) is 9.19. The number of esters is 1. The van der Waals surface area contributed by atoms with E-state index in [1.165, 1.54) is 0 Å². The lowest BCUT2D eigenvalue weighted by Crippen LogP contribution is -2.50. The fraction of sp³-hybridized carbons (Fsp3) is 0.160. The number of benzene rings is 3. The summed E-state index contributed by atoms with van der Waals surface area (Å²) in [6.45, 7) is 1.86. The molecule has 0 spiro atoms. The van der Waals surface area contributed by atoms with E-state index >= 15 is 0 Å². The molecule has 0 heterocycles. The van der Waals surface area contributed by atoms with Gasteiger partial charge in [-0.3, -0.25) is 0 Å². The lowest BCUT2D eigenvalue weighted by atomic mass is 9.81. The number of carbonyl (C=O) groups is 1. The first-order valence-electron chi connectivity index (χ1n) is 9.19. The fourth-order valence-corrected chi connectivity index (χ4v) is 2.90. The summed E-state index contributed by atoms with van der Waals surface area (Å²) in [7, 11) is 0. The van der Waals surface area contributed by atoms with E-state index in [2.05, 4.69) is 11.8 Å². The highest BCUT2D eigenvalue weighted by Crippen LogP contribution is 2.27. The summed E-state index contributed by atoms with van der Waals surface area (Å²) >= 11 is 0. The first kappa shape index (κ1) is 19.4. The third-order valence-corrected chi connectivity index (χ3v) is 4.52. The van der Waals surface area contributed by atoms with Crippen molar-refractivity contribution in [2.45, 2.75) is 25.0 Å². The Morgan fingerprint density at radius 1 is 0.929 bits per heavy atom. The molecule has 140 valence electrons. The Labute approximate surface area is 166 Å². The van der Waals surface area contributed by atoms with E-state index in [1.54, 1.807) is 6.92 Å². The Kier molecular flexibility index (Phi) is 6.26. The highest BCUT2D eigenvalue weighted by molar-refractivity contribution is 5.82. The monoisotopic (exact) mass is 369 g/mol. The minimum atomic E-state index is -1.29. The van der Waals surface area contributed by atoms with Crippen LogP contribution in [0.25, 0.3) is 0 Å². The van der Waals surface area contributed by atoms with Crippen molar-refractivity contribution in [1.82, 2.24) is 0 Å². The molecule has 0 aliphatic rings. The summed E-state index contributed by atoms with van der Waals surface area (Å²) < 4.78 is 5.52. The van der Waals surface area contributed by atoms with Crippen molar-refractivity contribution in [3.8, 4) is 11.8 Å². The molecule has 3 nitrogen and oxygen atoms in total. The first-order chi connectivity index (χ1) is 13.6. The van der Waals surface area contributed by atoms with Crippen molar-refractivity contribution in [3.63, 3.8) is 0 Å². The number of carbonyl (C=O) groups excluding carboxylic acids is 1. The highest BCUT2D eigenvalue weighted by Gasteiger charge is 2.39. The zero-order chi connectivity index (χ0) is 19.8. The zero-order valence-corrected chi connectivity index (χ0v) is 15.8. The Bertz CT molecular complexity index is 955. The van der Waals surface area contributed by atoms with E-state index < -0.39 is 17.4 Å². The number of nitrogens with two attached hydrogens (primary N) is 1. The molecule has 0 fully saturated rings. The van der Waals surface area contributed by atoms with Crippen molar-refractivity contribution in [2.24, 2.45) is 5.73 Å². The number of hydrogen-bond acceptors (Lipinski definition) is 3. The van der Waals surface area contributed by atoms with Gasteiger partial charge in [0, 0.05) is 5.56 Å². The van der Waals surface area contributed by atoms with E-state index in [-0.39, 0.29) is 6.61 Å². The largest absolute Gasteiger partial charge is 0.459 e. The number of ether oxygens (including phenoxy) is 1. The minimum Gasteiger partial charge on any atom is -0.459 e. The molecule has 2 atom stereocenters. The van der Waals surface area contributed by atoms with Gasteiger partial charge in [0.15, 0.2) is 0 Å². The molecule has 0 saturated carbocycles. The van der Waals surface area contributed by atoms with Crippen molar-refractivity contribution in [3.05, 3.63) is 108 Å². The maximum absolute atomic E-state index is 12.8. The van der Waals surface area contributed by atoms with Crippen LogP contribution in [-0.2, 0) is 16.1 Å². The van der Waals surface area contributed by atoms with Gasteiger partial charge in [-0.15, -0.1) is 0 Å². The maximum Gasteiger partial charge on any atom is 0.327 e. The normalized spacial score (nSPS) is 13.5. The lowest BCUT2D eigenvalue weighted by Gasteiger charge is -2.29. The second kappa shape index (κ2) is 9.03. The van der Waals surface area contributed by atoms with Crippen LogP contribution in [0.15, 0.2) is 91.0 Å². The van der Waals surface area contributed by atoms with Gasteiger partial charge in [-0.1, -0.05) is 90.7 Å². The molecule has 0 amide bonds. The van der Waals surface area contributed by atoms with E-state index in [0.717, 1.165) is 16.7 Å². The third-order valence-electron chi connectivity index (χ3n) is 4.52. The predicted octanol–water partition coefficient (Wildman–Crippen LogP) is 4.28. The Morgan fingerprint density at radius 2 is 1.46 bits per heavy atom. The van der Waals surface area contributed by atoms with E-state index in [4.69, 9.17) is 10.5 Å². The van der Waals surface area contributed by atoms with Crippen LogP contribution in [0, 0.1) is 11.8 Å². The van der Waals surface area contributed by atoms with E-state index in [0.29, 0.717) is 0 Å². The van der Waals surface area contributed by atoms with Crippen molar-refractivity contribution >= 4 is 5.97 Å². The summed E-state index contributed by atoms with van der Waals surface area (Å²) in [5.74, 6) is 5.35. The van der Waals surface area contributed by atoms with Crippen LogP contribution in [0.3, 0.4) is 0 Å². The highest BCUT2D eigenvalue weighted by atomic mass is 16.5. The molecule has 3 rings (SSSR count). The van der Waals surface area contributed by atoms with Crippen molar-refractivity contribution in [1.29, 1.82) is 0 Å². The molecule has 3 heteroatoms. The molecular formula is C25H23NO2. The number of rotatable bonds is 5. The quantitative estimate of drug-likeness (QED) is 0.539. The van der Waals surface area contributed by atoms with Crippen LogP contribution >= 0.6 is 0 Å². The third kappa shape index (κ3) is 4.88. The second-order valence-corrected chi connectivity index (χ2v) is 6.82. The van der Waals surface area contributed by atoms with Gasteiger partial charge in [-0.2, -0.15) is 0 Å². The van der Waals surface area contributed by atoms with Crippen molar-refractivity contribution < 1.29 is 9.53 Å². The summed E-state index contributed by atoms with van der Waals surface area (Å²) in [6, 6.07) is 28.8. The molecule has 0 aromatic heterocycles. The van der Waals surface area contributed by atoms with Gasteiger partial charge >= 0.3 is 5.97 Å². The number of hydrogen-bond donors (Lipinski definition) is 1. The molecule has 0 radical (unpaired) electrons. The average Bonchev–Trinajstić information content (AvgIpc) is 2.74. The second-order valence-electron chi connectivity index (χ2n) is 6.82. The molecule has 3 aromatic rings. The Hall–Kier alpha value is -3.35. The van der Waals surface area contributed by atoms with Crippen LogP contribution in [0.2, 0.25) is 0 Å². The Morgan fingerprint density at radius 3 is 2.07 bits per heavy atom. The molecule has 2 N–H and O–H groups in total. The SMILES string of the molecule is C[C@@](N)(C(=O)OCc1ccccc1)[C@@H](C#Cc1ccccc1)c1ccccc1. The van der Waals surface area contributed by atoms with Crippen LogP contribution in [0.1, 0.15) is 29.5 Å². The molecule has 0 saturated heterocycles. The van der Waals surface area contributed by atoms with Gasteiger partial charge in [0.2, 0.25) is 0 Å². The van der Waals surface area contributed by atoms with Gasteiger partial charge in [-0.25, -0.2) is 4.79 Å². The fourth-order valence-electron chi connectivity index (χ4n) is 2.90. The van der Waals surface area contributed by atoms with Gasteiger partial charge in [0.05, 0.1) is 5.92 Å². The predicted molar refractivity (Wildman–Crippen MR) is 111 cm³/mol. The van der Waals surface area contributed by atoms with Gasteiger partial charge in [0.25, 0.3) is 0 Å². The van der Waals surface area contributed by atoms with Crippen LogP contribution < -0.4 is 5.73 Å². The summed E-state index contributed by atoms with van der Waals surface area (Å²) in [6.07, 6.45) is 0. The molecule has 0 unspecified atom stereocenters. The van der Waals surface area contributed by atoms with Gasteiger partial charge < -0.3 is 10.5 Å². The lowest BCUT2D eigenvalue weighted by molar-refractivity contribution is -0.151. The van der Waals surface area contributed by atoms with Crippen LogP contribution in [0.4, 0.5) is 0 Å². The summed E-state index contributed by atoms with van der Waals surface area (Å²) in [5, 5.41) is 0. The van der Waals surface area contributed by atoms with Crippen LogP contribution in [0.5, 0.6) is 0 Å². The Balaban J connectivity index is 1.85. The maximum atomic E-state index is 12.8. The van der Waals surface area contributed by atoms with E-state index in [1.807, 2.05) is 91.0 Å². The summed E-state index contributed by atoms with van der Waals surface area (Å²) in [4.78, 5) is 12.8. The summed E-state index contributed by atoms with van der Waals surface area (Å²) in [5.41, 5.74) is 7.86. The molecular weight excluding hydrogens is 346 g/mol. The molecule has 28 heavy (non-hydrogen) atoms. The molecule has 0 bridgehead atoms. The molecule has 0 aliphatic carbocycles. The zero-order valence-electron chi connectivity index (χ0n) is 15.8. The smallest absolute Gasteiger partial charge is 0.327 e. The van der Waals surface area contributed by atoms with Crippen LogP contribution in [-0.4, -0.2) is 11.5 Å². The molecule has 0 aliphatic heterocycles. The van der Waals surface area contributed by atoms with E-state index in [9.17, 15) is 4.79 Å². The topological polar surface area (TPSA) is 52.3 Å². The minimum absolute atomic E-state index is 0.181.